The standard InChI is InChI=1S/C16H22F3NO3S/c1-23-12-5-4-6-13(11-12)24(21,22)10-9-20-15-8-3-2-7-14(15)16(17,18)19/h4-6,11,14-15,20H,2-3,7-10H2,1H3/t14-,15-/m1/s1. The summed E-state index contributed by atoms with van der Waals surface area (Å²) in [6.07, 6.45) is -2.44. The molecule has 4 nitrogen and oxygen atoms in total. The second kappa shape index (κ2) is 7.74. The highest BCUT2D eigenvalue weighted by Crippen LogP contribution is 2.37. The van der Waals surface area contributed by atoms with Gasteiger partial charge in [0.15, 0.2) is 9.84 Å². The SMILES string of the molecule is COc1cccc(S(=O)(=O)CCN[C@@H]2CCCC[C@H]2C(F)(F)F)c1. The van der Waals surface area contributed by atoms with Gasteiger partial charge in [-0.25, -0.2) is 8.42 Å². The molecule has 0 radical (unpaired) electrons. The molecule has 1 aromatic carbocycles. The Morgan fingerprint density at radius 2 is 1.96 bits per heavy atom. The van der Waals surface area contributed by atoms with Crippen LogP contribution in [0.15, 0.2) is 29.2 Å². The molecule has 1 aliphatic carbocycles. The molecule has 1 saturated carbocycles. The van der Waals surface area contributed by atoms with Crippen LogP contribution in [0.5, 0.6) is 5.75 Å². The Bertz CT molecular complexity index is 646. The summed E-state index contributed by atoms with van der Waals surface area (Å²) in [6, 6.07) is 5.36. The van der Waals surface area contributed by atoms with Crippen LogP contribution in [0.4, 0.5) is 13.2 Å². The van der Waals surface area contributed by atoms with Crippen molar-refractivity contribution in [2.75, 3.05) is 19.4 Å². The Morgan fingerprint density at radius 3 is 2.62 bits per heavy atom. The molecule has 0 heterocycles. The molecule has 0 bridgehead atoms. The van der Waals surface area contributed by atoms with Crippen molar-refractivity contribution in [1.29, 1.82) is 0 Å². The molecule has 0 spiro atoms. The number of methoxy groups -OCH3 is 1. The van der Waals surface area contributed by atoms with E-state index in [1.54, 1.807) is 12.1 Å². The lowest BCUT2D eigenvalue weighted by Crippen LogP contribution is -2.46. The largest absolute Gasteiger partial charge is 0.497 e. The lowest BCUT2D eigenvalue weighted by Gasteiger charge is -2.33. The molecule has 0 amide bonds. The number of ether oxygens (including phenoxy) is 1. The predicted molar refractivity (Wildman–Crippen MR) is 84.9 cm³/mol. The van der Waals surface area contributed by atoms with Gasteiger partial charge >= 0.3 is 6.18 Å². The van der Waals surface area contributed by atoms with Gasteiger partial charge in [0.25, 0.3) is 0 Å². The number of benzene rings is 1. The van der Waals surface area contributed by atoms with Crippen molar-refractivity contribution in [3.8, 4) is 5.75 Å². The van der Waals surface area contributed by atoms with E-state index in [2.05, 4.69) is 5.32 Å². The van der Waals surface area contributed by atoms with E-state index in [-0.39, 0.29) is 23.6 Å². The zero-order valence-corrected chi connectivity index (χ0v) is 14.3. The smallest absolute Gasteiger partial charge is 0.393 e. The van der Waals surface area contributed by atoms with E-state index in [0.717, 1.165) is 6.42 Å². The van der Waals surface area contributed by atoms with Crippen LogP contribution in [0, 0.1) is 5.92 Å². The molecule has 0 aliphatic heterocycles. The lowest BCUT2D eigenvalue weighted by atomic mass is 9.84. The van der Waals surface area contributed by atoms with Gasteiger partial charge < -0.3 is 10.1 Å². The number of alkyl halides is 3. The zero-order valence-electron chi connectivity index (χ0n) is 13.5. The third kappa shape index (κ3) is 4.86. The van der Waals surface area contributed by atoms with Crippen molar-refractivity contribution in [3.05, 3.63) is 24.3 Å². The van der Waals surface area contributed by atoms with Crippen molar-refractivity contribution in [2.45, 2.75) is 42.8 Å². The van der Waals surface area contributed by atoms with E-state index in [4.69, 9.17) is 4.74 Å². The topological polar surface area (TPSA) is 55.4 Å². The molecule has 0 saturated heterocycles. The summed E-state index contributed by atoms with van der Waals surface area (Å²) in [5.74, 6) is -1.22. The van der Waals surface area contributed by atoms with E-state index < -0.39 is 28.0 Å². The lowest BCUT2D eigenvalue weighted by molar-refractivity contribution is -0.188. The zero-order chi connectivity index (χ0) is 17.8. The maximum Gasteiger partial charge on any atom is 0.393 e. The first kappa shape index (κ1) is 19.1. The van der Waals surface area contributed by atoms with E-state index in [1.807, 2.05) is 0 Å². The molecule has 1 aromatic rings. The minimum atomic E-state index is -4.25. The van der Waals surface area contributed by atoms with Crippen LogP contribution in [0.25, 0.3) is 0 Å². The summed E-state index contributed by atoms with van der Waals surface area (Å²) in [4.78, 5) is 0.111. The second-order valence-electron chi connectivity index (χ2n) is 5.99. The van der Waals surface area contributed by atoms with Gasteiger partial charge in [-0.15, -0.1) is 0 Å². The van der Waals surface area contributed by atoms with Crippen molar-refractivity contribution < 1.29 is 26.3 Å². The quantitative estimate of drug-likeness (QED) is 0.841. The molecule has 8 heteroatoms. The van der Waals surface area contributed by atoms with Crippen LogP contribution in [0.1, 0.15) is 25.7 Å². The van der Waals surface area contributed by atoms with E-state index in [1.165, 1.54) is 19.2 Å². The molecule has 0 aromatic heterocycles. The second-order valence-corrected chi connectivity index (χ2v) is 8.10. The normalized spacial score (nSPS) is 22.3. The molecule has 2 rings (SSSR count). The molecule has 136 valence electrons. The number of halogens is 3. The molecule has 24 heavy (non-hydrogen) atoms. The van der Waals surface area contributed by atoms with Crippen LogP contribution in [-0.4, -0.2) is 40.0 Å². The molecule has 1 fully saturated rings. The summed E-state index contributed by atoms with van der Waals surface area (Å²) in [7, 11) is -2.13. The van der Waals surface area contributed by atoms with Crippen LogP contribution in [0.2, 0.25) is 0 Å². The first-order valence-corrected chi connectivity index (χ1v) is 9.56. The highest BCUT2D eigenvalue weighted by atomic mass is 32.2. The van der Waals surface area contributed by atoms with Gasteiger partial charge in [0.1, 0.15) is 5.75 Å². The van der Waals surface area contributed by atoms with Gasteiger partial charge in [-0.1, -0.05) is 18.9 Å². The number of rotatable bonds is 6. The highest BCUT2D eigenvalue weighted by Gasteiger charge is 2.45. The highest BCUT2D eigenvalue weighted by molar-refractivity contribution is 7.91. The van der Waals surface area contributed by atoms with E-state index in [0.29, 0.717) is 18.6 Å². The fourth-order valence-corrected chi connectivity index (χ4v) is 4.26. The minimum Gasteiger partial charge on any atom is -0.497 e. The third-order valence-corrected chi connectivity index (χ3v) is 6.08. The molecule has 2 atom stereocenters. The Balaban J connectivity index is 1.96. The van der Waals surface area contributed by atoms with E-state index >= 15 is 0 Å². The Labute approximate surface area is 140 Å². The van der Waals surface area contributed by atoms with Gasteiger partial charge in [0, 0.05) is 12.6 Å². The van der Waals surface area contributed by atoms with E-state index in [9.17, 15) is 21.6 Å². The Morgan fingerprint density at radius 1 is 1.25 bits per heavy atom. The summed E-state index contributed by atoms with van der Waals surface area (Å²) in [5.41, 5.74) is 0. The summed E-state index contributed by atoms with van der Waals surface area (Å²) >= 11 is 0. The van der Waals surface area contributed by atoms with Gasteiger partial charge in [0.05, 0.1) is 23.7 Å². The van der Waals surface area contributed by atoms with Crippen molar-refractivity contribution in [1.82, 2.24) is 5.32 Å². The van der Waals surface area contributed by atoms with Crippen molar-refractivity contribution in [2.24, 2.45) is 5.92 Å². The van der Waals surface area contributed by atoms with Crippen LogP contribution >= 0.6 is 0 Å². The molecular weight excluding hydrogens is 343 g/mol. The first-order chi connectivity index (χ1) is 11.2. The number of hydrogen-bond acceptors (Lipinski definition) is 4. The van der Waals surface area contributed by atoms with Crippen molar-refractivity contribution >= 4 is 9.84 Å². The average Bonchev–Trinajstić information content (AvgIpc) is 2.54. The van der Waals surface area contributed by atoms with Crippen LogP contribution < -0.4 is 10.1 Å². The molecule has 0 unspecified atom stereocenters. The fourth-order valence-electron chi connectivity index (χ4n) is 3.06. The van der Waals surface area contributed by atoms with Crippen LogP contribution in [-0.2, 0) is 9.84 Å². The average molecular weight is 365 g/mol. The van der Waals surface area contributed by atoms with Gasteiger partial charge in [-0.3, -0.25) is 0 Å². The first-order valence-electron chi connectivity index (χ1n) is 7.91. The monoisotopic (exact) mass is 365 g/mol. The maximum atomic E-state index is 13.0. The minimum absolute atomic E-state index is 0.00318. The van der Waals surface area contributed by atoms with Gasteiger partial charge in [-0.2, -0.15) is 13.2 Å². The fraction of sp³-hybridized carbons (Fsp3) is 0.625. The summed E-state index contributed by atoms with van der Waals surface area (Å²) in [5, 5.41) is 2.80. The number of sulfone groups is 1. The number of nitrogens with one attached hydrogen (secondary N) is 1. The third-order valence-electron chi connectivity index (χ3n) is 4.36. The Hall–Kier alpha value is -1.28. The number of hydrogen-bond donors (Lipinski definition) is 1. The van der Waals surface area contributed by atoms with Gasteiger partial charge in [-0.05, 0) is 31.0 Å². The maximum absolute atomic E-state index is 13.0. The Kier molecular flexibility index (Phi) is 6.14. The predicted octanol–water partition coefficient (Wildman–Crippen LogP) is 3.18. The molecular formula is C16H22F3NO3S. The van der Waals surface area contributed by atoms with Crippen molar-refractivity contribution in [3.63, 3.8) is 0 Å². The summed E-state index contributed by atoms with van der Waals surface area (Å²) in [6.45, 7) is -0.00318. The molecule has 1 N–H and O–H groups in total. The summed E-state index contributed by atoms with van der Waals surface area (Å²) < 4.78 is 68.7. The van der Waals surface area contributed by atoms with Gasteiger partial charge in [0.2, 0.25) is 0 Å². The molecule has 1 aliphatic rings. The van der Waals surface area contributed by atoms with Crippen LogP contribution in [0.3, 0.4) is 0 Å².